The van der Waals surface area contributed by atoms with Crippen LogP contribution in [0.4, 0.5) is 0 Å². The van der Waals surface area contributed by atoms with Gasteiger partial charge in [0.15, 0.2) is 3.79 Å². The molecule has 0 saturated heterocycles. The average molecular weight is 410 g/mol. The zero-order valence-electron chi connectivity index (χ0n) is 14.2. The molecule has 1 fully saturated rings. The van der Waals surface area contributed by atoms with Gasteiger partial charge in [-0.05, 0) is 59.6 Å². The zero-order chi connectivity index (χ0) is 16.1. The molecule has 1 aromatic carbocycles. The van der Waals surface area contributed by atoms with Crippen LogP contribution in [-0.2, 0) is 16.6 Å². The third kappa shape index (κ3) is 2.37. The Kier molecular flexibility index (Phi) is 4.20. The quantitative estimate of drug-likeness (QED) is 0.446. The molecule has 1 saturated carbocycles. The lowest BCUT2D eigenvalue weighted by Gasteiger charge is -2.54. The van der Waals surface area contributed by atoms with Crippen molar-refractivity contribution in [2.24, 2.45) is 11.3 Å². The lowest BCUT2D eigenvalue weighted by atomic mass is 9.50. The van der Waals surface area contributed by atoms with E-state index in [0.717, 1.165) is 19.3 Å². The van der Waals surface area contributed by atoms with Gasteiger partial charge >= 0.3 is 0 Å². The number of hydrogen-bond acceptors (Lipinski definition) is 1. The van der Waals surface area contributed by atoms with Crippen molar-refractivity contribution in [1.29, 1.82) is 0 Å². The Morgan fingerprint density at radius 2 is 2.00 bits per heavy atom. The fourth-order valence-electron chi connectivity index (χ4n) is 5.11. The molecule has 0 aromatic heterocycles. The molecule has 1 aromatic rings. The van der Waals surface area contributed by atoms with Gasteiger partial charge in [0.1, 0.15) is 0 Å². The van der Waals surface area contributed by atoms with E-state index < -0.39 is 0 Å². The number of fused-ring (bicyclic) bond motifs is 3. The average Bonchev–Trinajstić information content (AvgIpc) is 2.46. The molecule has 1 nitrogen and oxygen atoms in total. The van der Waals surface area contributed by atoms with Crippen LogP contribution in [-0.4, -0.2) is 3.79 Å². The molecule has 2 heteroatoms. The van der Waals surface area contributed by atoms with E-state index in [-0.39, 0.29) is 10.8 Å². The number of halogens is 1. The SMILES string of the molecule is CC(C)c1ccc2c(c1)CCC1C(C)(C(=O)I)CCCC21C. The van der Waals surface area contributed by atoms with Gasteiger partial charge in [-0.25, -0.2) is 0 Å². The van der Waals surface area contributed by atoms with Crippen molar-refractivity contribution >= 4 is 26.4 Å². The van der Waals surface area contributed by atoms with Crippen LogP contribution < -0.4 is 0 Å². The fraction of sp³-hybridized carbons (Fsp3) is 0.650. The van der Waals surface area contributed by atoms with Crippen LogP contribution in [0.25, 0.3) is 0 Å². The lowest BCUT2D eigenvalue weighted by Crippen LogP contribution is -2.51. The van der Waals surface area contributed by atoms with E-state index in [9.17, 15) is 4.79 Å². The first-order valence-corrected chi connectivity index (χ1v) is 9.70. The highest BCUT2D eigenvalue weighted by molar-refractivity contribution is 14.1. The third-order valence-electron chi connectivity index (χ3n) is 6.49. The summed E-state index contributed by atoms with van der Waals surface area (Å²) >= 11 is 2.05. The molecule has 0 N–H and O–H groups in total. The summed E-state index contributed by atoms with van der Waals surface area (Å²) in [6.07, 6.45) is 5.76. The van der Waals surface area contributed by atoms with Crippen LogP contribution in [0.2, 0.25) is 0 Å². The minimum atomic E-state index is -0.137. The molecular weight excluding hydrogens is 383 g/mol. The Morgan fingerprint density at radius 1 is 1.27 bits per heavy atom. The topological polar surface area (TPSA) is 17.1 Å². The van der Waals surface area contributed by atoms with Gasteiger partial charge in [0.25, 0.3) is 0 Å². The zero-order valence-corrected chi connectivity index (χ0v) is 16.4. The molecule has 0 amide bonds. The Labute approximate surface area is 148 Å². The van der Waals surface area contributed by atoms with E-state index in [1.165, 1.54) is 29.5 Å². The summed E-state index contributed by atoms with van der Waals surface area (Å²) in [5.41, 5.74) is 4.55. The van der Waals surface area contributed by atoms with E-state index in [1.807, 2.05) is 22.6 Å². The van der Waals surface area contributed by atoms with Crippen LogP contribution in [0.3, 0.4) is 0 Å². The molecule has 120 valence electrons. The smallest absolute Gasteiger partial charge is 0.198 e. The normalized spacial score (nSPS) is 34.2. The van der Waals surface area contributed by atoms with Crippen molar-refractivity contribution in [1.82, 2.24) is 0 Å². The molecule has 0 bridgehead atoms. The Hall–Kier alpha value is -0.380. The van der Waals surface area contributed by atoms with Gasteiger partial charge in [-0.15, -0.1) is 0 Å². The van der Waals surface area contributed by atoms with Gasteiger partial charge in [0, 0.05) is 28.0 Å². The van der Waals surface area contributed by atoms with Crippen LogP contribution in [0.1, 0.15) is 76.0 Å². The van der Waals surface area contributed by atoms with E-state index in [4.69, 9.17) is 0 Å². The number of carbonyl (C=O) groups excluding carboxylic acids is 1. The number of aryl methyl sites for hydroxylation is 1. The first-order chi connectivity index (χ1) is 10.3. The Balaban J connectivity index is 2.08. The van der Waals surface area contributed by atoms with Gasteiger partial charge in [0.2, 0.25) is 0 Å². The summed E-state index contributed by atoms with van der Waals surface area (Å²) < 4.78 is 0.364. The molecule has 0 radical (unpaired) electrons. The molecule has 3 rings (SSSR count). The summed E-state index contributed by atoms with van der Waals surface area (Å²) in [5, 5.41) is 0. The predicted molar refractivity (Wildman–Crippen MR) is 101 cm³/mol. The van der Waals surface area contributed by atoms with Crippen molar-refractivity contribution in [3.63, 3.8) is 0 Å². The van der Waals surface area contributed by atoms with Gasteiger partial charge < -0.3 is 0 Å². The first-order valence-electron chi connectivity index (χ1n) is 8.62. The van der Waals surface area contributed by atoms with Crippen LogP contribution in [0.5, 0.6) is 0 Å². The molecule has 3 atom stereocenters. The maximum atomic E-state index is 12.4. The number of rotatable bonds is 2. The summed E-state index contributed by atoms with van der Waals surface area (Å²) in [6.45, 7) is 9.17. The first kappa shape index (κ1) is 16.5. The van der Waals surface area contributed by atoms with Gasteiger partial charge in [-0.2, -0.15) is 0 Å². The van der Waals surface area contributed by atoms with Crippen molar-refractivity contribution < 1.29 is 4.79 Å². The van der Waals surface area contributed by atoms with E-state index in [0.29, 0.717) is 15.6 Å². The second-order valence-corrected chi connectivity index (χ2v) is 9.10. The maximum Gasteiger partial charge on any atom is 0.198 e. The lowest BCUT2D eigenvalue weighted by molar-refractivity contribution is -0.125. The number of benzene rings is 1. The second kappa shape index (κ2) is 5.61. The van der Waals surface area contributed by atoms with Crippen molar-refractivity contribution in [2.75, 3.05) is 0 Å². The number of hydrogen-bond donors (Lipinski definition) is 0. The molecule has 0 aliphatic heterocycles. The van der Waals surface area contributed by atoms with E-state index in [1.54, 1.807) is 0 Å². The van der Waals surface area contributed by atoms with Crippen molar-refractivity contribution in [3.8, 4) is 0 Å². The molecule has 3 unspecified atom stereocenters. The van der Waals surface area contributed by atoms with Gasteiger partial charge in [0.05, 0.1) is 0 Å². The minimum absolute atomic E-state index is 0.137. The highest BCUT2D eigenvalue weighted by Gasteiger charge is 2.54. The van der Waals surface area contributed by atoms with Gasteiger partial charge in [-0.3, -0.25) is 4.79 Å². The highest BCUT2D eigenvalue weighted by Crippen LogP contribution is 2.58. The molecule has 22 heavy (non-hydrogen) atoms. The molecule has 0 spiro atoms. The largest absolute Gasteiger partial charge is 0.287 e. The summed E-state index contributed by atoms with van der Waals surface area (Å²) in [6, 6.07) is 7.12. The minimum Gasteiger partial charge on any atom is -0.287 e. The Bertz CT molecular complexity index is 606. The molecule has 2 aliphatic rings. The third-order valence-corrected chi connectivity index (χ3v) is 7.73. The summed E-state index contributed by atoms with van der Waals surface area (Å²) in [5.74, 6) is 1.08. The monoisotopic (exact) mass is 410 g/mol. The standard InChI is InChI=1S/C20H27IO/c1-13(2)14-6-8-16-15(12-14)7-9-17-19(16,3)10-5-11-20(17,4)18(21)22/h6,8,12-13,17H,5,7,9-11H2,1-4H3. The summed E-state index contributed by atoms with van der Waals surface area (Å²) in [7, 11) is 0. The maximum absolute atomic E-state index is 12.4. The summed E-state index contributed by atoms with van der Waals surface area (Å²) in [4.78, 5) is 12.4. The van der Waals surface area contributed by atoms with E-state index >= 15 is 0 Å². The van der Waals surface area contributed by atoms with Crippen LogP contribution in [0, 0.1) is 11.3 Å². The second-order valence-electron chi connectivity index (χ2n) is 8.12. The predicted octanol–water partition coefficient (Wildman–Crippen LogP) is 5.78. The highest BCUT2D eigenvalue weighted by atomic mass is 127. The van der Waals surface area contributed by atoms with Crippen molar-refractivity contribution in [3.05, 3.63) is 34.9 Å². The van der Waals surface area contributed by atoms with E-state index in [2.05, 4.69) is 45.9 Å². The molecule has 0 heterocycles. The molecule has 2 aliphatic carbocycles. The van der Waals surface area contributed by atoms with Crippen LogP contribution >= 0.6 is 22.6 Å². The number of carbonyl (C=O) groups is 1. The van der Waals surface area contributed by atoms with Crippen LogP contribution in [0.15, 0.2) is 18.2 Å². The fourth-order valence-corrected chi connectivity index (χ4v) is 5.75. The van der Waals surface area contributed by atoms with Gasteiger partial charge in [-0.1, -0.05) is 52.3 Å². The Morgan fingerprint density at radius 3 is 2.64 bits per heavy atom. The van der Waals surface area contributed by atoms with Crippen molar-refractivity contribution in [2.45, 2.75) is 71.1 Å². The molecular formula is C20H27IO.